The van der Waals surface area contributed by atoms with Crippen molar-refractivity contribution in [2.24, 2.45) is 7.05 Å². The molecule has 0 bridgehead atoms. The van der Waals surface area contributed by atoms with Crippen LogP contribution in [0.15, 0.2) is 53.3 Å². The average Bonchev–Trinajstić information content (AvgIpc) is 3.37. The fourth-order valence-electron chi connectivity index (χ4n) is 4.30. The van der Waals surface area contributed by atoms with Crippen molar-refractivity contribution in [3.05, 3.63) is 64.6 Å². The predicted octanol–water partition coefficient (Wildman–Crippen LogP) is 5.54. The van der Waals surface area contributed by atoms with Gasteiger partial charge in [0.2, 0.25) is 5.91 Å². The number of carbonyl (C=O) groups excluding carboxylic acids is 1. The van der Waals surface area contributed by atoms with Gasteiger partial charge < -0.3 is 14.6 Å². The summed E-state index contributed by atoms with van der Waals surface area (Å²) < 4.78 is 7.09. The van der Waals surface area contributed by atoms with Gasteiger partial charge in [0.1, 0.15) is 5.75 Å². The molecular formula is C26H30N2O3S2. The minimum absolute atomic E-state index is 0.0284. The van der Waals surface area contributed by atoms with Crippen LogP contribution in [0.5, 0.6) is 5.75 Å². The number of hydrogen-bond acceptors (Lipinski definition) is 5. The van der Waals surface area contributed by atoms with E-state index in [0.29, 0.717) is 24.1 Å². The summed E-state index contributed by atoms with van der Waals surface area (Å²) in [4.78, 5) is 25.7. The van der Waals surface area contributed by atoms with Crippen LogP contribution in [0.25, 0.3) is 21.9 Å². The molecule has 1 fully saturated rings. The number of amides is 1. The van der Waals surface area contributed by atoms with E-state index >= 15 is 0 Å². The second kappa shape index (κ2) is 11.2. The van der Waals surface area contributed by atoms with Gasteiger partial charge in [-0.25, -0.2) is 0 Å². The van der Waals surface area contributed by atoms with Crippen molar-refractivity contribution in [2.45, 2.75) is 43.9 Å². The van der Waals surface area contributed by atoms with Gasteiger partial charge in [-0.15, -0.1) is 0 Å². The molecule has 1 N–H and O–H groups in total. The number of unbranched alkanes of at least 4 members (excludes halogenated alkanes) is 1. The van der Waals surface area contributed by atoms with Crippen LogP contribution in [0.4, 0.5) is 0 Å². The Labute approximate surface area is 202 Å². The van der Waals surface area contributed by atoms with E-state index in [0.717, 1.165) is 40.3 Å². The third-order valence-corrected chi connectivity index (χ3v) is 9.15. The Balaban J connectivity index is 1.56. The van der Waals surface area contributed by atoms with Crippen LogP contribution < -0.4 is 15.6 Å². The maximum absolute atomic E-state index is 13.1. The highest BCUT2D eigenvalue weighted by molar-refractivity contribution is 8.77. The number of carbonyl (C=O) groups is 1. The van der Waals surface area contributed by atoms with Crippen LogP contribution in [-0.2, 0) is 18.4 Å². The van der Waals surface area contributed by atoms with Crippen molar-refractivity contribution in [3.63, 3.8) is 0 Å². The molecule has 1 saturated heterocycles. The Hall–Kier alpha value is -2.38. The van der Waals surface area contributed by atoms with Gasteiger partial charge >= 0.3 is 0 Å². The summed E-state index contributed by atoms with van der Waals surface area (Å²) in [7, 11) is 7.34. The molecule has 0 saturated carbocycles. The third-order valence-electron chi connectivity index (χ3n) is 6.15. The fourth-order valence-corrected chi connectivity index (χ4v) is 7.32. The first-order valence-corrected chi connectivity index (χ1v) is 13.8. The Morgan fingerprint density at radius 2 is 1.97 bits per heavy atom. The van der Waals surface area contributed by atoms with Crippen molar-refractivity contribution in [2.75, 3.05) is 12.9 Å². The van der Waals surface area contributed by atoms with Crippen molar-refractivity contribution in [1.29, 1.82) is 0 Å². The van der Waals surface area contributed by atoms with E-state index in [-0.39, 0.29) is 11.5 Å². The molecule has 4 rings (SSSR count). The molecule has 0 spiro atoms. The molecular weight excluding hydrogens is 452 g/mol. The van der Waals surface area contributed by atoms with Crippen LogP contribution in [0.2, 0.25) is 0 Å². The highest BCUT2D eigenvalue weighted by Crippen LogP contribution is 2.40. The van der Waals surface area contributed by atoms with E-state index in [2.05, 4.69) is 5.32 Å². The smallest absolute Gasteiger partial charge is 0.258 e. The molecule has 1 aromatic heterocycles. The van der Waals surface area contributed by atoms with E-state index in [9.17, 15) is 9.59 Å². The summed E-state index contributed by atoms with van der Waals surface area (Å²) in [5, 5.41) is 5.27. The SMILES string of the molecule is COc1ccc2c(=O)n(C)c(CNC(=O)CCCCC3CCSS3)c(-c3ccccc3)c2c1. The quantitative estimate of drug-likeness (QED) is 0.320. The molecule has 1 atom stereocenters. The second-order valence-corrected chi connectivity index (χ2v) is 11.1. The zero-order valence-electron chi connectivity index (χ0n) is 19.1. The largest absolute Gasteiger partial charge is 0.497 e. The zero-order valence-corrected chi connectivity index (χ0v) is 20.8. The summed E-state index contributed by atoms with van der Waals surface area (Å²) in [6.45, 7) is 0.303. The lowest BCUT2D eigenvalue weighted by Crippen LogP contribution is -2.29. The van der Waals surface area contributed by atoms with E-state index in [4.69, 9.17) is 4.74 Å². The molecule has 2 heterocycles. The van der Waals surface area contributed by atoms with Gasteiger partial charge in [-0.05, 0) is 43.0 Å². The molecule has 5 nitrogen and oxygen atoms in total. The van der Waals surface area contributed by atoms with Gasteiger partial charge in [0, 0.05) is 46.5 Å². The number of pyridine rings is 1. The van der Waals surface area contributed by atoms with E-state index in [1.165, 1.54) is 18.6 Å². The number of benzene rings is 2. The van der Waals surface area contributed by atoms with Gasteiger partial charge in [-0.2, -0.15) is 0 Å². The van der Waals surface area contributed by atoms with Crippen LogP contribution in [0.3, 0.4) is 0 Å². The van der Waals surface area contributed by atoms with Crippen LogP contribution in [-0.4, -0.2) is 28.6 Å². The van der Waals surface area contributed by atoms with Crippen molar-refractivity contribution in [1.82, 2.24) is 9.88 Å². The molecule has 33 heavy (non-hydrogen) atoms. The summed E-state index contributed by atoms with van der Waals surface area (Å²) in [6.07, 6.45) is 4.96. The van der Waals surface area contributed by atoms with Crippen LogP contribution in [0.1, 0.15) is 37.8 Å². The molecule has 0 aliphatic carbocycles. The number of methoxy groups -OCH3 is 1. The van der Waals surface area contributed by atoms with Crippen LogP contribution >= 0.6 is 21.6 Å². The lowest BCUT2D eigenvalue weighted by atomic mass is 9.96. The first kappa shape index (κ1) is 23.8. The second-order valence-electron chi connectivity index (χ2n) is 8.31. The molecule has 3 aromatic rings. The molecule has 1 aliphatic heterocycles. The summed E-state index contributed by atoms with van der Waals surface area (Å²) in [5.74, 6) is 1.97. The first-order valence-electron chi connectivity index (χ1n) is 11.4. The molecule has 1 amide bonds. The highest BCUT2D eigenvalue weighted by atomic mass is 33.1. The number of nitrogens with one attached hydrogen (secondary N) is 1. The molecule has 174 valence electrons. The number of fused-ring (bicyclic) bond motifs is 1. The zero-order chi connectivity index (χ0) is 23.2. The normalized spacial score (nSPS) is 15.6. The van der Waals surface area contributed by atoms with Gasteiger partial charge in [-0.1, -0.05) is 58.3 Å². The van der Waals surface area contributed by atoms with Gasteiger partial charge in [0.25, 0.3) is 5.56 Å². The van der Waals surface area contributed by atoms with Crippen molar-refractivity contribution in [3.8, 4) is 16.9 Å². The standard InChI is InChI=1S/C26H30N2O3S2/c1-28-23(17-27-24(29)11-7-6-10-20-14-15-32-33-20)25(18-8-4-3-5-9-18)22-16-19(31-2)12-13-21(22)26(28)30/h3-5,8-9,12-13,16,20H,6-7,10-11,14-15,17H2,1-2H3,(H,27,29). The molecule has 7 heteroatoms. The lowest BCUT2D eigenvalue weighted by molar-refractivity contribution is -0.121. The van der Waals surface area contributed by atoms with Gasteiger partial charge in [-0.3, -0.25) is 9.59 Å². The Bertz CT molecular complexity index is 1170. The fraction of sp³-hybridized carbons (Fsp3) is 0.385. The van der Waals surface area contributed by atoms with E-state index < -0.39 is 0 Å². The van der Waals surface area contributed by atoms with E-state index in [1.54, 1.807) is 18.7 Å². The average molecular weight is 483 g/mol. The molecule has 1 unspecified atom stereocenters. The Morgan fingerprint density at radius 3 is 2.70 bits per heavy atom. The minimum atomic E-state index is -0.0801. The minimum Gasteiger partial charge on any atom is -0.497 e. The summed E-state index contributed by atoms with van der Waals surface area (Å²) in [6, 6.07) is 15.5. The van der Waals surface area contributed by atoms with Crippen molar-refractivity contribution < 1.29 is 9.53 Å². The topological polar surface area (TPSA) is 60.3 Å². The Kier molecular flexibility index (Phi) is 8.04. The van der Waals surface area contributed by atoms with E-state index in [1.807, 2.05) is 70.1 Å². The third kappa shape index (κ3) is 5.58. The Morgan fingerprint density at radius 1 is 1.15 bits per heavy atom. The highest BCUT2D eigenvalue weighted by Gasteiger charge is 2.18. The monoisotopic (exact) mass is 482 g/mol. The summed E-state index contributed by atoms with van der Waals surface area (Å²) >= 11 is 0. The molecule has 0 radical (unpaired) electrons. The number of hydrogen-bond donors (Lipinski definition) is 1. The number of nitrogens with zero attached hydrogens (tertiary/aromatic N) is 1. The summed E-state index contributed by atoms with van der Waals surface area (Å²) in [5.41, 5.74) is 2.66. The maximum atomic E-state index is 13.1. The van der Waals surface area contributed by atoms with Crippen LogP contribution in [0, 0.1) is 0 Å². The predicted molar refractivity (Wildman–Crippen MR) is 140 cm³/mol. The van der Waals surface area contributed by atoms with Gasteiger partial charge in [0.15, 0.2) is 0 Å². The molecule has 1 aliphatic rings. The number of rotatable bonds is 9. The number of aromatic nitrogens is 1. The lowest BCUT2D eigenvalue weighted by Gasteiger charge is -2.19. The van der Waals surface area contributed by atoms with Gasteiger partial charge in [0.05, 0.1) is 13.7 Å². The molecule has 2 aromatic carbocycles. The first-order chi connectivity index (χ1) is 16.1. The van der Waals surface area contributed by atoms with Crippen molar-refractivity contribution >= 4 is 38.3 Å². The maximum Gasteiger partial charge on any atom is 0.258 e. The number of ether oxygens (including phenoxy) is 1.